The Hall–Kier alpha value is -2.29. The molecule has 20 heavy (non-hydrogen) atoms. The minimum absolute atomic E-state index is 0.0284. The largest absolute Gasteiger partial charge is 0.331 e. The van der Waals surface area contributed by atoms with Gasteiger partial charge in [-0.2, -0.15) is 0 Å². The number of nitrogens with one attached hydrogen (secondary N) is 2. The first kappa shape index (κ1) is 14.1. The average Bonchev–Trinajstić information content (AvgIpc) is 2.39. The summed E-state index contributed by atoms with van der Waals surface area (Å²) in [6.45, 7) is 6.12. The molecule has 0 spiro atoms. The van der Waals surface area contributed by atoms with Crippen molar-refractivity contribution in [3.63, 3.8) is 0 Å². The summed E-state index contributed by atoms with van der Waals surface area (Å²) in [6.07, 6.45) is 0. The number of hydrogen-bond acceptors (Lipinski definition) is 1. The van der Waals surface area contributed by atoms with Crippen LogP contribution in [0.3, 0.4) is 0 Å². The summed E-state index contributed by atoms with van der Waals surface area (Å²) in [4.78, 5) is 12.0. The molecule has 0 aliphatic heterocycles. The van der Waals surface area contributed by atoms with Crippen LogP contribution in [0.4, 0.5) is 10.5 Å². The van der Waals surface area contributed by atoms with Crippen molar-refractivity contribution in [2.75, 3.05) is 5.32 Å². The van der Waals surface area contributed by atoms with E-state index in [1.807, 2.05) is 37.3 Å². The molecule has 3 nitrogen and oxygen atoms in total. The monoisotopic (exact) mass is 268 g/mol. The molecular weight excluding hydrogens is 248 g/mol. The second kappa shape index (κ2) is 6.24. The van der Waals surface area contributed by atoms with Crippen LogP contribution >= 0.6 is 0 Å². The van der Waals surface area contributed by atoms with Crippen LogP contribution in [0.1, 0.15) is 29.7 Å². The minimum atomic E-state index is -0.191. The molecule has 0 heterocycles. The fourth-order valence-electron chi connectivity index (χ4n) is 2.27. The SMILES string of the molecule is Cc1ccc(C(C)NC(=O)Nc2ccccc2)c(C)c1. The molecule has 0 fully saturated rings. The van der Waals surface area contributed by atoms with Crippen LogP contribution in [-0.4, -0.2) is 6.03 Å². The molecule has 3 heteroatoms. The Kier molecular flexibility index (Phi) is 4.41. The summed E-state index contributed by atoms with van der Waals surface area (Å²) in [5.74, 6) is 0. The first-order valence-corrected chi connectivity index (χ1v) is 6.76. The molecule has 0 aliphatic carbocycles. The molecule has 0 saturated carbocycles. The Morgan fingerprint density at radius 2 is 1.75 bits per heavy atom. The van der Waals surface area contributed by atoms with E-state index in [9.17, 15) is 4.79 Å². The molecule has 0 aliphatic rings. The maximum absolute atomic E-state index is 12.0. The van der Waals surface area contributed by atoms with Crippen LogP contribution in [0.15, 0.2) is 48.5 Å². The number of aryl methyl sites for hydroxylation is 2. The number of carbonyl (C=O) groups is 1. The van der Waals surface area contributed by atoms with Crippen LogP contribution in [0.2, 0.25) is 0 Å². The molecule has 0 radical (unpaired) electrons. The van der Waals surface area contributed by atoms with E-state index < -0.39 is 0 Å². The zero-order valence-electron chi connectivity index (χ0n) is 12.1. The number of benzene rings is 2. The van der Waals surface area contributed by atoms with Crippen molar-refractivity contribution in [2.24, 2.45) is 0 Å². The van der Waals surface area contributed by atoms with Crippen LogP contribution < -0.4 is 10.6 Å². The first-order chi connectivity index (χ1) is 9.56. The molecule has 1 atom stereocenters. The van der Waals surface area contributed by atoms with E-state index in [-0.39, 0.29) is 12.1 Å². The first-order valence-electron chi connectivity index (χ1n) is 6.76. The van der Waals surface area contributed by atoms with Gasteiger partial charge in [0.05, 0.1) is 6.04 Å². The van der Waals surface area contributed by atoms with Gasteiger partial charge in [-0.3, -0.25) is 0 Å². The number of anilines is 1. The van der Waals surface area contributed by atoms with E-state index >= 15 is 0 Å². The maximum atomic E-state index is 12.0. The number of hydrogen-bond donors (Lipinski definition) is 2. The standard InChI is InChI=1S/C17H20N2O/c1-12-9-10-16(13(2)11-12)14(3)18-17(20)19-15-7-5-4-6-8-15/h4-11,14H,1-3H3,(H2,18,19,20). The van der Waals surface area contributed by atoms with Gasteiger partial charge in [-0.25, -0.2) is 4.79 Å². The second-order valence-corrected chi connectivity index (χ2v) is 5.05. The van der Waals surface area contributed by atoms with Gasteiger partial charge in [-0.05, 0) is 44.0 Å². The summed E-state index contributed by atoms with van der Waals surface area (Å²) in [5, 5.41) is 5.78. The lowest BCUT2D eigenvalue weighted by atomic mass is 10.0. The fraction of sp³-hybridized carbons (Fsp3) is 0.235. The summed E-state index contributed by atoms with van der Waals surface area (Å²) in [6, 6.07) is 15.5. The van der Waals surface area contributed by atoms with Crippen molar-refractivity contribution in [1.82, 2.24) is 5.32 Å². The lowest BCUT2D eigenvalue weighted by Crippen LogP contribution is -2.31. The van der Waals surface area contributed by atoms with Gasteiger partial charge in [-0.15, -0.1) is 0 Å². The lowest BCUT2D eigenvalue weighted by molar-refractivity contribution is 0.249. The van der Waals surface area contributed by atoms with E-state index in [1.54, 1.807) is 0 Å². The number of para-hydroxylation sites is 1. The van der Waals surface area contributed by atoms with Crippen molar-refractivity contribution in [3.8, 4) is 0 Å². The number of carbonyl (C=O) groups excluding carboxylic acids is 1. The number of rotatable bonds is 3. The number of amides is 2. The second-order valence-electron chi connectivity index (χ2n) is 5.05. The lowest BCUT2D eigenvalue weighted by Gasteiger charge is -2.17. The van der Waals surface area contributed by atoms with Gasteiger partial charge < -0.3 is 10.6 Å². The van der Waals surface area contributed by atoms with E-state index in [0.717, 1.165) is 11.3 Å². The highest BCUT2D eigenvalue weighted by Gasteiger charge is 2.11. The molecule has 2 N–H and O–H groups in total. The summed E-state index contributed by atoms with van der Waals surface area (Å²) < 4.78 is 0. The van der Waals surface area contributed by atoms with Gasteiger partial charge >= 0.3 is 6.03 Å². The predicted molar refractivity (Wildman–Crippen MR) is 82.9 cm³/mol. The van der Waals surface area contributed by atoms with Crippen LogP contribution in [0, 0.1) is 13.8 Å². The Morgan fingerprint density at radius 1 is 1.05 bits per heavy atom. The fourth-order valence-corrected chi connectivity index (χ4v) is 2.27. The molecule has 0 saturated heterocycles. The smallest absolute Gasteiger partial charge is 0.319 e. The molecule has 2 aromatic carbocycles. The van der Waals surface area contributed by atoms with Crippen molar-refractivity contribution < 1.29 is 4.79 Å². The third-order valence-corrected chi connectivity index (χ3v) is 3.27. The molecule has 2 aromatic rings. The van der Waals surface area contributed by atoms with Gasteiger partial charge in [0.2, 0.25) is 0 Å². The number of urea groups is 1. The Balaban J connectivity index is 2.00. The molecule has 2 amide bonds. The van der Waals surface area contributed by atoms with Crippen LogP contribution in [0.25, 0.3) is 0 Å². The minimum Gasteiger partial charge on any atom is -0.331 e. The highest BCUT2D eigenvalue weighted by atomic mass is 16.2. The normalized spacial score (nSPS) is 11.8. The molecule has 0 aromatic heterocycles. The molecule has 0 bridgehead atoms. The van der Waals surface area contributed by atoms with E-state index in [0.29, 0.717) is 0 Å². The van der Waals surface area contributed by atoms with Crippen LogP contribution in [0.5, 0.6) is 0 Å². The molecular formula is C17H20N2O. The Labute approximate surface area is 120 Å². The quantitative estimate of drug-likeness (QED) is 0.861. The van der Waals surface area contributed by atoms with Crippen molar-refractivity contribution >= 4 is 11.7 Å². The van der Waals surface area contributed by atoms with Crippen molar-refractivity contribution in [3.05, 3.63) is 65.2 Å². The Bertz CT molecular complexity index is 593. The van der Waals surface area contributed by atoms with E-state index in [2.05, 4.69) is 42.7 Å². The van der Waals surface area contributed by atoms with E-state index in [1.165, 1.54) is 11.1 Å². The van der Waals surface area contributed by atoms with Gasteiger partial charge in [0.1, 0.15) is 0 Å². The molecule has 104 valence electrons. The zero-order chi connectivity index (χ0) is 14.5. The van der Waals surface area contributed by atoms with Crippen LogP contribution in [-0.2, 0) is 0 Å². The maximum Gasteiger partial charge on any atom is 0.319 e. The van der Waals surface area contributed by atoms with Crippen molar-refractivity contribution in [1.29, 1.82) is 0 Å². The van der Waals surface area contributed by atoms with Gasteiger partial charge in [0.15, 0.2) is 0 Å². The van der Waals surface area contributed by atoms with E-state index in [4.69, 9.17) is 0 Å². The van der Waals surface area contributed by atoms with Gasteiger partial charge in [-0.1, -0.05) is 42.0 Å². The third-order valence-electron chi connectivity index (χ3n) is 3.27. The average molecular weight is 268 g/mol. The third kappa shape index (κ3) is 3.60. The summed E-state index contributed by atoms with van der Waals surface area (Å²) in [5.41, 5.74) is 4.35. The zero-order valence-corrected chi connectivity index (χ0v) is 12.1. The predicted octanol–water partition coefficient (Wildman–Crippen LogP) is 4.19. The highest BCUT2D eigenvalue weighted by Crippen LogP contribution is 2.18. The van der Waals surface area contributed by atoms with Gasteiger partial charge in [0.25, 0.3) is 0 Å². The molecule has 2 rings (SSSR count). The van der Waals surface area contributed by atoms with Crippen molar-refractivity contribution in [2.45, 2.75) is 26.8 Å². The Morgan fingerprint density at radius 3 is 2.40 bits per heavy atom. The summed E-state index contributed by atoms with van der Waals surface area (Å²) >= 11 is 0. The van der Waals surface area contributed by atoms with Gasteiger partial charge in [0, 0.05) is 5.69 Å². The summed E-state index contributed by atoms with van der Waals surface area (Å²) in [7, 11) is 0. The molecule has 1 unspecified atom stereocenters. The topological polar surface area (TPSA) is 41.1 Å². The highest BCUT2D eigenvalue weighted by molar-refractivity contribution is 5.89.